The Labute approximate surface area is 174 Å². The van der Waals surface area contributed by atoms with Crippen LogP contribution >= 0.6 is 0 Å². The summed E-state index contributed by atoms with van der Waals surface area (Å²) in [5.74, 6) is 1.18. The first-order chi connectivity index (χ1) is 14.0. The van der Waals surface area contributed by atoms with E-state index in [0.717, 1.165) is 56.7 Å². The predicted molar refractivity (Wildman–Crippen MR) is 117 cm³/mol. The zero-order valence-electron chi connectivity index (χ0n) is 18.3. The molecule has 1 aromatic heterocycles. The lowest BCUT2D eigenvalue weighted by Crippen LogP contribution is -2.39. The molecule has 1 fully saturated rings. The number of likely N-dealkylation sites (tertiary alicyclic amines) is 1. The third kappa shape index (κ3) is 5.04. The fourth-order valence-electron chi connectivity index (χ4n) is 4.07. The lowest BCUT2D eigenvalue weighted by molar-refractivity contribution is 0.0680. The number of nitrogens with zero attached hydrogens (tertiary/aromatic N) is 4. The molecule has 1 amide bonds. The first-order valence-electron chi connectivity index (χ1n) is 11.0. The fourth-order valence-corrected chi connectivity index (χ4v) is 4.07. The summed E-state index contributed by atoms with van der Waals surface area (Å²) in [5, 5.41) is 12.0. The van der Waals surface area contributed by atoms with E-state index in [1.54, 1.807) is 0 Å². The van der Waals surface area contributed by atoms with Gasteiger partial charge in [0.25, 0.3) is 5.91 Å². The summed E-state index contributed by atoms with van der Waals surface area (Å²) in [6, 6.07) is 8.38. The van der Waals surface area contributed by atoms with Crippen molar-refractivity contribution in [2.45, 2.75) is 58.8 Å². The van der Waals surface area contributed by atoms with Crippen molar-refractivity contribution in [3.63, 3.8) is 0 Å². The van der Waals surface area contributed by atoms with Gasteiger partial charge in [0, 0.05) is 13.1 Å². The van der Waals surface area contributed by atoms with Gasteiger partial charge in [-0.1, -0.05) is 44.5 Å². The highest BCUT2D eigenvalue weighted by molar-refractivity contribution is 5.93. The number of hydrogen-bond acceptors (Lipinski definition) is 4. The summed E-state index contributed by atoms with van der Waals surface area (Å²) < 4.78 is 1.86. The summed E-state index contributed by atoms with van der Waals surface area (Å²) in [5.41, 5.74) is 3.69. The maximum absolute atomic E-state index is 13.2. The number of rotatable bonds is 8. The van der Waals surface area contributed by atoms with Crippen LogP contribution in [-0.4, -0.2) is 52.5 Å². The van der Waals surface area contributed by atoms with Crippen LogP contribution in [0.5, 0.6) is 0 Å². The maximum atomic E-state index is 13.2. The number of nitrogens with one attached hydrogen (secondary N) is 1. The number of piperidine rings is 1. The van der Waals surface area contributed by atoms with Crippen molar-refractivity contribution < 1.29 is 4.79 Å². The molecule has 0 saturated carbocycles. The molecule has 0 bridgehead atoms. The quantitative estimate of drug-likeness (QED) is 0.736. The largest absolute Gasteiger partial charge is 0.337 e. The second-order valence-electron chi connectivity index (χ2n) is 8.42. The fraction of sp³-hybridized carbons (Fsp3) is 0.609. The van der Waals surface area contributed by atoms with Gasteiger partial charge in [0.1, 0.15) is 0 Å². The minimum absolute atomic E-state index is 0.0341. The molecule has 2 heterocycles. The van der Waals surface area contributed by atoms with Gasteiger partial charge in [-0.25, -0.2) is 4.68 Å². The highest BCUT2D eigenvalue weighted by atomic mass is 16.2. The van der Waals surface area contributed by atoms with Crippen LogP contribution in [0.1, 0.15) is 74.1 Å². The van der Waals surface area contributed by atoms with Crippen LogP contribution in [0.25, 0.3) is 5.69 Å². The highest BCUT2D eigenvalue weighted by Gasteiger charge is 2.28. The van der Waals surface area contributed by atoms with Gasteiger partial charge in [-0.3, -0.25) is 4.79 Å². The van der Waals surface area contributed by atoms with Crippen molar-refractivity contribution in [3.05, 3.63) is 41.2 Å². The lowest BCUT2D eigenvalue weighted by Gasteiger charge is -2.31. The van der Waals surface area contributed by atoms with Crippen molar-refractivity contribution in [2.75, 3.05) is 26.7 Å². The summed E-state index contributed by atoms with van der Waals surface area (Å²) in [7, 11) is 1.99. The van der Waals surface area contributed by atoms with E-state index in [1.807, 2.05) is 22.7 Å². The van der Waals surface area contributed by atoms with Crippen molar-refractivity contribution in [3.8, 4) is 5.69 Å². The van der Waals surface area contributed by atoms with Gasteiger partial charge in [0.15, 0.2) is 5.69 Å². The Balaban J connectivity index is 1.80. The molecule has 6 heteroatoms. The second kappa shape index (κ2) is 10.0. The highest BCUT2D eigenvalue weighted by Crippen LogP contribution is 2.24. The van der Waals surface area contributed by atoms with Crippen LogP contribution in [0.3, 0.4) is 0 Å². The monoisotopic (exact) mass is 397 g/mol. The molecule has 0 aliphatic carbocycles. The maximum Gasteiger partial charge on any atom is 0.276 e. The lowest BCUT2D eigenvalue weighted by atomic mass is 9.93. The van der Waals surface area contributed by atoms with E-state index in [0.29, 0.717) is 17.5 Å². The van der Waals surface area contributed by atoms with Gasteiger partial charge in [-0.2, -0.15) is 0 Å². The molecule has 3 rings (SSSR count). The second-order valence-corrected chi connectivity index (χ2v) is 8.42. The van der Waals surface area contributed by atoms with Crippen molar-refractivity contribution in [2.24, 2.45) is 5.92 Å². The Morgan fingerprint density at radius 3 is 2.69 bits per heavy atom. The third-order valence-corrected chi connectivity index (χ3v) is 5.94. The average molecular weight is 398 g/mol. The molecule has 1 aliphatic rings. The summed E-state index contributed by atoms with van der Waals surface area (Å²) in [6.45, 7) is 9.17. The molecule has 1 N–H and O–H groups in total. The Kier molecular flexibility index (Phi) is 7.42. The van der Waals surface area contributed by atoms with E-state index >= 15 is 0 Å². The van der Waals surface area contributed by atoms with Gasteiger partial charge in [-0.15, -0.1) is 5.10 Å². The summed E-state index contributed by atoms with van der Waals surface area (Å²) in [4.78, 5) is 15.2. The molecular formula is C23H35N5O. The SMILES string of the molecule is CCCc1c(C(=O)N2CCC(CCNC)CC2)nnn1-c1cccc(C(C)C)c1. The Morgan fingerprint density at radius 1 is 1.28 bits per heavy atom. The van der Waals surface area contributed by atoms with Crippen LogP contribution in [0, 0.1) is 5.92 Å². The first-order valence-corrected chi connectivity index (χ1v) is 11.0. The topological polar surface area (TPSA) is 63.1 Å². The number of amides is 1. The van der Waals surface area contributed by atoms with E-state index < -0.39 is 0 Å². The molecule has 0 radical (unpaired) electrons. The van der Waals surface area contributed by atoms with Crippen molar-refractivity contribution >= 4 is 5.91 Å². The number of carbonyl (C=O) groups is 1. The van der Waals surface area contributed by atoms with Gasteiger partial charge in [0.2, 0.25) is 0 Å². The molecule has 0 unspecified atom stereocenters. The van der Waals surface area contributed by atoms with Crippen LogP contribution in [0.15, 0.2) is 24.3 Å². The number of carbonyl (C=O) groups excluding carboxylic acids is 1. The van der Waals surface area contributed by atoms with E-state index in [9.17, 15) is 4.79 Å². The predicted octanol–water partition coefficient (Wildman–Crippen LogP) is 3.80. The molecule has 158 valence electrons. The Morgan fingerprint density at radius 2 is 2.03 bits per heavy atom. The van der Waals surface area contributed by atoms with Crippen molar-refractivity contribution in [1.82, 2.24) is 25.2 Å². The Hall–Kier alpha value is -2.21. The van der Waals surface area contributed by atoms with Crippen LogP contribution < -0.4 is 5.32 Å². The number of aromatic nitrogens is 3. The third-order valence-electron chi connectivity index (χ3n) is 5.94. The molecule has 1 saturated heterocycles. The van der Waals surface area contributed by atoms with Gasteiger partial charge >= 0.3 is 0 Å². The normalized spacial score (nSPS) is 15.3. The zero-order chi connectivity index (χ0) is 20.8. The van der Waals surface area contributed by atoms with Crippen molar-refractivity contribution in [1.29, 1.82) is 0 Å². The van der Waals surface area contributed by atoms with Crippen LogP contribution in [-0.2, 0) is 6.42 Å². The first kappa shape index (κ1) is 21.5. The van der Waals surface area contributed by atoms with E-state index in [4.69, 9.17) is 0 Å². The molecule has 6 nitrogen and oxygen atoms in total. The number of benzene rings is 1. The molecule has 0 spiro atoms. The van der Waals surface area contributed by atoms with Gasteiger partial charge in [0.05, 0.1) is 11.4 Å². The van der Waals surface area contributed by atoms with E-state index in [1.165, 1.54) is 12.0 Å². The summed E-state index contributed by atoms with van der Waals surface area (Å²) in [6.07, 6.45) is 5.06. The minimum atomic E-state index is 0.0341. The molecule has 29 heavy (non-hydrogen) atoms. The molecular weight excluding hydrogens is 362 g/mol. The smallest absolute Gasteiger partial charge is 0.276 e. The van der Waals surface area contributed by atoms with E-state index in [-0.39, 0.29) is 5.91 Å². The van der Waals surface area contributed by atoms with Gasteiger partial charge < -0.3 is 10.2 Å². The standard InChI is InChI=1S/C23H35N5O/c1-5-7-21-22(23(29)27-14-11-18(12-15-27)10-13-24-4)25-26-28(21)20-9-6-8-19(16-20)17(2)3/h6,8-9,16-18,24H,5,7,10-15H2,1-4H3. The van der Waals surface area contributed by atoms with Crippen LogP contribution in [0.2, 0.25) is 0 Å². The molecule has 1 aromatic carbocycles. The number of hydrogen-bond donors (Lipinski definition) is 1. The molecule has 2 aromatic rings. The molecule has 0 atom stereocenters. The average Bonchev–Trinajstić information content (AvgIpc) is 3.16. The summed E-state index contributed by atoms with van der Waals surface area (Å²) >= 11 is 0. The van der Waals surface area contributed by atoms with Gasteiger partial charge in [-0.05, 0) is 68.8 Å². The minimum Gasteiger partial charge on any atom is -0.337 e. The Bertz CT molecular complexity index is 805. The molecule has 1 aliphatic heterocycles. The van der Waals surface area contributed by atoms with E-state index in [2.05, 4.69) is 54.6 Å². The zero-order valence-corrected chi connectivity index (χ0v) is 18.3. The van der Waals surface area contributed by atoms with Crippen LogP contribution in [0.4, 0.5) is 0 Å².